The molecule has 0 aliphatic heterocycles. The van der Waals surface area contributed by atoms with Crippen molar-refractivity contribution in [1.29, 1.82) is 0 Å². The van der Waals surface area contributed by atoms with Gasteiger partial charge in [-0.15, -0.1) is 0 Å². The Morgan fingerprint density at radius 3 is 1.29 bits per heavy atom. The third-order valence-corrected chi connectivity index (χ3v) is 7.35. The highest BCUT2D eigenvalue weighted by molar-refractivity contribution is 7.99. The number of thioether (sulfide) groups is 1. The maximum absolute atomic E-state index is 12.2. The Balaban J connectivity index is 1.01. The van der Waals surface area contributed by atoms with Gasteiger partial charge in [0.05, 0.1) is 12.8 Å². The van der Waals surface area contributed by atoms with Crippen LogP contribution in [0.5, 0.6) is 11.5 Å². The third-order valence-electron chi connectivity index (χ3n) is 6.37. The van der Waals surface area contributed by atoms with Crippen LogP contribution >= 0.6 is 11.8 Å². The minimum atomic E-state index is -0.382. The van der Waals surface area contributed by atoms with Gasteiger partial charge in [-0.25, -0.2) is 0 Å². The fourth-order valence-corrected chi connectivity index (χ4v) is 4.95. The summed E-state index contributed by atoms with van der Waals surface area (Å²) in [6, 6.07) is 35.1. The number of hydrogen-bond donors (Lipinski definition) is 2. The molecule has 0 aliphatic rings. The molecule has 0 aliphatic carbocycles. The van der Waals surface area contributed by atoms with Gasteiger partial charge in [-0.1, -0.05) is 36.4 Å². The van der Waals surface area contributed by atoms with Gasteiger partial charge in [0.25, 0.3) is 0 Å². The van der Waals surface area contributed by atoms with E-state index in [0.717, 1.165) is 22.7 Å². The average Bonchev–Trinajstić information content (AvgIpc) is 3.05. The monoisotopic (exact) mass is 628 g/mol. The first-order valence-corrected chi connectivity index (χ1v) is 16.1. The van der Waals surface area contributed by atoms with Crippen LogP contribution in [-0.4, -0.2) is 48.9 Å². The van der Waals surface area contributed by atoms with Crippen molar-refractivity contribution in [1.82, 2.24) is 0 Å². The van der Waals surface area contributed by atoms with Crippen LogP contribution in [0.25, 0.3) is 0 Å². The fraction of sp³-hybridized carbons (Fsp3) is 0.278. The van der Waals surface area contributed by atoms with Gasteiger partial charge in [-0.3, -0.25) is 9.59 Å². The Morgan fingerprint density at radius 2 is 0.911 bits per heavy atom. The first-order valence-electron chi connectivity index (χ1n) is 15.0. The van der Waals surface area contributed by atoms with Crippen LogP contribution in [-0.2, 0) is 19.1 Å². The van der Waals surface area contributed by atoms with Crippen LogP contribution in [0.3, 0.4) is 0 Å². The molecule has 236 valence electrons. The molecular weight excluding hydrogens is 588 g/mol. The highest BCUT2D eigenvalue weighted by atomic mass is 32.2. The van der Waals surface area contributed by atoms with Gasteiger partial charge in [-0.05, 0) is 86.6 Å². The van der Waals surface area contributed by atoms with E-state index in [1.165, 1.54) is 11.8 Å². The van der Waals surface area contributed by atoms with E-state index >= 15 is 0 Å². The maximum atomic E-state index is 12.2. The Bertz CT molecular complexity index is 1330. The molecule has 0 fully saturated rings. The molecule has 2 N–H and O–H groups in total. The average molecular weight is 629 g/mol. The predicted molar refractivity (Wildman–Crippen MR) is 181 cm³/mol. The molecule has 2 atom stereocenters. The summed E-state index contributed by atoms with van der Waals surface area (Å²) >= 11 is 1.51. The summed E-state index contributed by atoms with van der Waals surface area (Å²) in [5.74, 6) is 1.93. The second kappa shape index (κ2) is 18.2. The zero-order chi connectivity index (χ0) is 31.7. The van der Waals surface area contributed by atoms with E-state index in [4.69, 9.17) is 18.9 Å². The van der Waals surface area contributed by atoms with Crippen molar-refractivity contribution in [3.05, 3.63) is 109 Å². The van der Waals surface area contributed by atoms with Crippen LogP contribution in [0.4, 0.5) is 22.7 Å². The second-order valence-corrected chi connectivity index (χ2v) is 11.6. The number of ether oxygens (including phenoxy) is 4. The van der Waals surface area contributed by atoms with Gasteiger partial charge in [0, 0.05) is 34.3 Å². The molecule has 45 heavy (non-hydrogen) atoms. The summed E-state index contributed by atoms with van der Waals surface area (Å²) in [6.45, 7) is 4.12. The molecule has 0 saturated heterocycles. The number of para-hydroxylation sites is 2. The molecule has 0 spiro atoms. The third kappa shape index (κ3) is 12.9. The molecule has 0 heterocycles. The van der Waals surface area contributed by atoms with Crippen molar-refractivity contribution in [3.63, 3.8) is 0 Å². The maximum Gasteiger partial charge on any atom is 0.307 e. The standard InChI is InChI=1S/C36H40N2O6S/c1-27(25-41-33-17-13-31(14-18-33)37-29-9-5-3-6-10-29)43-35(39)21-23-45-24-22-36(40)44-28(2)26-42-34-19-15-32(16-20-34)38-30-11-7-4-8-12-30/h3-20,27-28,37-38H,21-26H2,1-2H3. The summed E-state index contributed by atoms with van der Waals surface area (Å²) in [7, 11) is 0. The summed E-state index contributed by atoms with van der Waals surface area (Å²) in [4.78, 5) is 24.4. The van der Waals surface area contributed by atoms with Crippen molar-refractivity contribution >= 4 is 46.5 Å². The molecule has 0 bridgehead atoms. The normalized spacial score (nSPS) is 12.0. The molecule has 0 radical (unpaired) electrons. The van der Waals surface area contributed by atoms with E-state index in [9.17, 15) is 9.59 Å². The van der Waals surface area contributed by atoms with Gasteiger partial charge in [0.2, 0.25) is 0 Å². The number of hydrogen-bond acceptors (Lipinski definition) is 9. The minimum absolute atomic E-state index is 0.258. The molecule has 0 saturated carbocycles. The number of rotatable bonds is 18. The van der Waals surface area contributed by atoms with E-state index in [0.29, 0.717) is 23.0 Å². The highest BCUT2D eigenvalue weighted by Gasteiger charge is 2.13. The summed E-state index contributed by atoms with van der Waals surface area (Å²) in [6.07, 6.45) is -0.249. The predicted octanol–water partition coefficient (Wildman–Crippen LogP) is 8.01. The fourth-order valence-electron chi connectivity index (χ4n) is 4.12. The van der Waals surface area contributed by atoms with Crippen molar-refractivity contribution in [2.45, 2.75) is 38.9 Å². The number of benzene rings is 4. The van der Waals surface area contributed by atoms with E-state index in [-0.39, 0.29) is 50.2 Å². The smallest absolute Gasteiger partial charge is 0.307 e. The lowest BCUT2D eigenvalue weighted by atomic mass is 10.2. The van der Waals surface area contributed by atoms with Gasteiger partial charge in [-0.2, -0.15) is 11.8 Å². The van der Waals surface area contributed by atoms with Crippen LogP contribution < -0.4 is 20.1 Å². The number of esters is 2. The molecule has 4 aromatic rings. The van der Waals surface area contributed by atoms with E-state index in [1.54, 1.807) is 13.8 Å². The number of carbonyl (C=O) groups is 2. The minimum Gasteiger partial charge on any atom is -0.490 e. The molecule has 0 amide bonds. The molecule has 0 aromatic heterocycles. The van der Waals surface area contributed by atoms with Crippen molar-refractivity contribution in [3.8, 4) is 11.5 Å². The quantitative estimate of drug-likeness (QED) is 0.0839. The molecule has 8 nitrogen and oxygen atoms in total. The summed E-state index contributed by atoms with van der Waals surface area (Å²) in [5, 5.41) is 6.65. The topological polar surface area (TPSA) is 95.1 Å². The second-order valence-electron chi connectivity index (χ2n) is 10.4. The number of nitrogens with one attached hydrogen (secondary N) is 2. The van der Waals surface area contributed by atoms with E-state index < -0.39 is 0 Å². The summed E-state index contributed by atoms with van der Waals surface area (Å²) < 4.78 is 22.4. The molecule has 9 heteroatoms. The van der Waals surface area contributed by atoms with Gasteiger partial charge < -0.3 is 29.6 Å². The highest BCUT2D eigenvalue weighted by Crippen LogP contribution is 2.21. The van der Waals surface area contributed by atoms with Gasteiger partial charge in [0.15, 0.2) is 0 Å². The van der Waals surface area contributed by atoms with Crippen molar-refractivity contribution in [2.75, 3.05) is 35.4 Å². The van der Waals surface area contributed by atoms with Gasteiger partial charge >= 0.3 is 11.9 Å². The first kappa shape index (κ1) is 33.3. The van der Waals surface area contributed by atoms with Crippen LogP contribution in [0.1, 0.15) is 26.7 Å². The van der Waals surface area contributed by atoms with Crippen molar-refractivity contribution < 1.29 is 28.5 Å². The number of carbonyl (C=O) groups excluding carboxylic acids is 2. The van der Waals surface area contributed by atoms with Gasteiger partial charge in [0.1, 0.15) is 36.9 Å². The Hall–Kier alpha value is -4.63. The summed E-state index contributed by atoms with van der Waals surface area (Å²) in [5.41, 5.74) is 3.93. The zero-order valence-corrected chi connectivity index (χ0v) is 26.5. The molecule has 4 rings (SSSR count). The Labute approximate surface area is 269 Å². The lowest BCUT2D eigenvalue weighted by Gasteiger charge is -2.15. The van der Waals surface area contributed by atoms with E-state index in [1.807, 2.05) is 109 Å². The SMILES string of the molecule is CC(COc1ccc(Nc2ccccc2)cc1)OC(=O)CCSCCC(=O)OC(C)COc1ccc(Nc2ccccc2)cc1. The first-order chi connectivity index (χ1) is 21.9. The lowest BCUT2D eigenvalue weighted by molar-refractivity contribution is -0.149. The van der Waals surface area contributed by atoms with Crippen LogP contribution in [0.15, 0.2) is 109 Å². The van der Waals surface area contributed by atoms with Crippen molar-refractivity contribution in [2.24, 2.45) is 0 Å². The molecule has 4 aromatic carbocycles. The Morgan fingerprint density at radius 1 is 0.556 bits per heavy atom. The molecule has 2 unspecified atom stereocenters. The molecular formula is C36H40N2O6S. The lowest BCUT2D eigenvalue weighted by Crippen LogP contribution is -2.22. The zero-order valence-electron chi connectivity index (χ0n) is 25.6. The van der Waals surface area contributed by atoms with Crippen LogP contribution in [0.2, 0.25) is 0 Å². The number of anilines is 4. The largest absolute Gasteiger partial charge is 0.490 e. The van der Waals surface area contributed by atoms with Crippen LogP contribution in [0, 0.1) is 0 Å². The Kier molecular flexibility index (Phi) is 13.5. The van der Waals surface area contributed by atoms with E-state index in [2.05, 4.69) is 10.6 Å².